The van der Waals surface area contributed by atoms with Gasteiger partial charge in [0.25, 0.3) is 0 Å². The van der Waals surface area contributed by atoms with E-state index in [0.29, 0.717) is 0 Å². The molecule has 0 N–H and O–H groups in total. The Bertz CT molecular complexity index is 2190. The van der Waals surface area contributed by atoms with Gasteiger partial charge in [-0.15, -0.1) is 0 Å². The number of benzene rings is 5. The molecule has 2 heteroatoms. The molecular formula is C33H21NO. The second-order valence-corrected chi connectivity index (χ2v) is 10.6. The van der Waals surface area contributed by atoms with Crippen LogP contribution in [0.25, 0.3) is 71.2 Å². The van der Waals surface area contributed by atoms with Crippen LogP contribution in [0.4, 0.5) is 0 Å². The minimum atomic E-state index is -0.0360. The number of furan rings is 1. The maximum atomic E-state index is 6.43. The lowest BCUT2D eigenvalue weighted by atomic mass is 9.82. The van der Waals surface area contributed by atoms with Gasteiger partial charge in [-0.2, -0.15) is 0 Å². The third-order valence-electron chi connectivity index (χ3n) is 8.51. The van der Waals surface area contributed by atoms with E-state index >= 15 is 0 Å². The molecule has 2 nitrogen and oxygen atoms in total. The molecule has 1 aliphatic carbocycles. The van der Waals surface area contributed by atoms with E-state index in [9.17, 15) is 0 Å². The zero-order chi connectivity index (χ0) is 23.1. The number of hydrogen-bond donors (Lipinski definition) is 0. The second-order valence-electron chi connectivity index (χ2n) is 10.6. The van der Waals surface area contributed by atoms with E-state index < -0.39 is 0 Å². The zero-order valence-electron chi connectivity index (χ0n) is 19.5. The van der Waals surface area contributed by atoms with E-state index in [4.69, 9.17) is 4.42 Å². The highest BCUT2D eigenvalue weighted by Crippen LogP contribution is 2.52. The maximum absolute atomic E-state index is 6.43. The fourth-order valence-corrected chi connectivity index (χ4v) is 6.96. The normalized spacial score (nSPS) is 14.8. The lowest BCUT2D eigenvalue weighted by Crippen LogP contribution is -2.14. The van der Waals surface area contributed by atoms with Gasteiger partial charge in [-0.1, -0.05) is 74.5 Å². The fourth-order valence-electron chi connectivity index (χ4n) is 6.96. The van der Waals surface area contributed by atoms with Gasteiger partial charge in [0, 0.05) is 37.7 Å². The van der Waals surface area contributed by atoms with Gasteiger partial charge in [-0.3, -0.25) is 0 Å². The molecule has 0 amide bonds. The number of rotatable bonds is 0. The van der Waals surface area contributed by atoms with Crippen molar-refractivity contribution in [3.05, 3.63) is 102 Å². The van der Waals surface area contributed by atoms with Gasteiger partial charge in [0.1, 0.15) is 11.2 Å². The van der Waals surface area contributed by atoms with Crippen molar-refractivity contribution < 1.29 is 4.42 Å². The summed E-state index contributed by atoms with van der Waals surface area (Å²) in [5.41, 5.74) is 11.2. The first kappa shape index (κ1) is 18.1. The first-order valence-electron chi connectivity index (χ1n) is 12.3. The molecular weight excluding hydrogens is 426 g/mol. The van der Waals surface area contributed by atoms with Crippen LogP contribution in [0.2, 0.25) is 0 Å². The van der Waals surface area contributed by atoms with Crippen LogP contribution in [0.3, 0.4) is 0 Å². The molecule has 3 aromatic heterocycles. The van der Waals surface area contributed by atoms with Crippen molar-refractivity contribution in [3.63, 3.8) is 0 Å². The van der Waals surface area contributed by atoms with E-state index in [1.807, 2.05) is 0 Å². The summed E-state index contributed by atoms with van der Waals surface area (Å²) in [7, 11) is 0. The number of fused-ring (bicyclic) bond motifs is 13. The fraction of sp³-hybridized carbons (Fsp3) is 0.0909. The van der Waals surface area contributed by atoms with Gasteiger partial charge < -0.3 is 8.82 Å². The Hall–Kier alpha value is -4.30. The van der Waals surface area contributed by atoms with Crippen LogP contribution in [-0.2, 0) is 5.41 Å². The van der Waals surface area contributed by atoms with Gasteiger partial charge in [-0.25, -0.2) is 0 Å². The summed E-state index contributed by atoms with van der Waals surface area (Å²) in [5.74, 6) is 0. The molecule has 3 heterocycles. The third-order valence-corrected chi connectivity index (χ3v) is 8.51. The Labute approximate surface area is 201 Å². The molecule has 0 atom stereocenters. The summed E-state index contributed by atoms with van der Waals surface area (Å²) < 4.78 is 8.93. The topological polar surface area (TPSA) is 17.6 Å². The summed E-state index contributed by atoms with van der Waals surface area (Å²) >= 11 is 0. The molecule has 0 unspecified atom stereocenters. The summed E-state index contributed by atoms with van der Waals surface area (Å²) in [6.45, 7) is 4.72. The van der Waals surface area contributed by atoms with E-state index in [0.717, 1.165) is 11.2 Å². The number of aromatic nitrogens is 1. The quantitative estimate of drug-likeness (QED) is 0.227. The molecule has 0 radical (unpaired) electrons. The molecule has 1 aliphatic rings. The molecule has 8 aromatic rings. The standard InChI is InChI=1S/C33H21NO/c1-33(2)24-12-6-3-9-18(24)21-16-27-23(15-25(21)33)31-30-20-11-5-8-14-28(20)35-29(30)17-22-19-10-4-7-13-26(19)34(27)32(22)31/h3-17H,1-2H3. The zero-order valence-corrected chi connectivity index (χ0v) is 19.5. The minimum absolute atomic E-state index is 0.0360. The van der Waals surface area contributed by atoms with Crippen LogP contribution in [0.15, 0.2) is 95.4 Å². The first-order valence-corrected chi connectivity index (χ1v) is 12.3. The van der Waals surface area contributed by atoms with Gasteiger partial charge in [-0.05, 0) is 52.6 Å². The molecule has 0 saturated heterocycles. The maximum Gasteiger partial charge on any atom is 0.136 e. The predicted octanol–water partition coefficient (Wildman–Crippen LogP) is 9.04. The Morgan fingerprint density at radius 1 is 0.571 bits per heavy atom. The lowest BCUT2D eigenvalue weighted by molar-refractivity contribution is 0.661. The molecule has 0 bridgehead atoms. The number of para-hydroxylation sites is 2. The molecule has 164 valence electrons. The highest BCUT2D eigenvalue weighted by atomic mass is 16.3. The van der Waals surface area contributed by atoms with Crippen LogP contribution < -0.4 is 0 Å². The first-order chi connectivity index (χ1) is 17.1. The summed E-state index contributed by atoms with van der Waals surface area (Å²) in [5, 5.41) is 7.57. The number of nitrogens with zero attached hydrogens (tertiary/aromatic N) is 1. The average molecular weight is 448 g/mol. The van der Waals surface area contributed by atoms with Crippen LogP contribution in [0.5, 0.6) is 0 Å². The minimum Gasteiger partial charge on any atom is -0.456 e. The molecule has 5 aromatic carbocycles. The van der Waals surface area contributed by atoms with Crippen molar-refractivity contribution in [2.45, 2.75) is 19.3 Å². The Morgan fingerprint density at radius 2 is 1.34 bits per heavy atom. The predicted molar refractivity (Wildman–Crippen MR) is 146 cm³/mol. The molecule has 9 rings (SSSR count). The Morgan fingerprint density at radius 3 is 2.26 bits per heavy atom. The Kier molecular flexibility index (Phi) is 2.93. The van der Waals surface area contributed by atoms with Crippen LogP contribution >= 0.6 is 0 Å². The van der Waals surface area contributed by atoms with Crippen molar-refractivity contribution >= 4 is 60.0 Å². The molecule has 0 fully saturated rings. The largest absolute Gasteiger partial charge is 0.456 e. The van der Waals surface area contributed by atoms with Crippen LogP contribution in [0.1, 0.15) is 25.0 Å². The SMILES string of the molecule is CC1(C)c2ccccc2-c2cc3c(cc21)c1c2c(cc4c5ccccc5n3c41)oc1ccccc12. The van der Waals surface area contributed by atoms with Crippen molar-refractivity contribution in [2.75, 3.05) is 0 Å². The average Bonchev–Trinajstić information content (AvgIpc) is 3.57. The summed E-state index contributed by atoms with van der Waals surface area (Å²) in [4.78, 5) is 0. The van der Waals surface area contributed by atoms with Gasteiger partial charge in [0.15, 0.2) is 0 Å². The summed E-state index contributed by atoms with van der Waals surface area (Å²) in [6, 6.07) is 33.3. The number of hydrogen-bond acceptors (Lipinski definition) is 1. The highest BCUT2D eigenvalue weighted by Gasteiger charge is 2.36. The van der Waals surface area contributed by atoms with Gasteiger partial charge in [0.2, 0.25) is 0 Å². The van der Waals surface area contributed by atoms with E-state index in [2.05, 4.69) is 109 Å². The monoisotopic (exact) mass is 447 g/mol. The van der Waals surface area contributed by atoms with E-state index in [-0.39, 0.29) is 5.41 Å². The molecule has 0 saturated carbocycles. The van der Waals surface area contributed by atoms with Crippen molar-refractivity contribution in [2.24, 2.45) is 0 Å². The lowest BCUT2D eigenvalue weighted by Gasteiger charge is -2.21. The van der Waals surface area contributed by atoms with E-state index in [1.54, 1.807) is 0 Å². The smallest absolute Gasteiger partial charge is 0.136 e. The molecule has 0 aliphatic heterocycles. The van der Waals surface area contributed by atoms with Crippen molar-refractivity contribution in [1.82, 2.24) is 4.40 Å². The Balaban J connectivity index is 1.61. The van der Waals surface area contributed by atoms with Crippen molar-refractivity contribution in [3.8, 4) is 11.1 Å². The van der Waals surface area contributed by atoms with Crippen molar-refractivity contribution in [1.29, 1.82) is 0 Å². The van der Waals surface area contributed by atoms with Crippen LogP contribution in [-0.4, -0.2) is 4.40 Å². The van der Waals surface area contributed by atoms with Gasteiger partial charge in [0.05, 0.1) is 16.6 Å². The van der Waals surface area contributed by atoms with E-state index in [1.165, 1.54) is 71.1 Å². The molecule has 35 heavy (non-hydrogen) atoms. The van der Waals surface area contributed by atoms with Crippen LogP contribution in [0, 0.1) is 0 Å². The molecule has 0 spiro atoms. The highest BCUT2D eigenvalue weighted by molar-refractivity contribution is 6.35. The summed E-state index contributed by atoms with van der Waals surface area (Å²) in [6.07, 6.45) is 0. The van der Waals surface area contributed by atoms with Gasteiger partial charge >= 0.3 is 0 Å². The third kappa shape index (κ3) is 1.93. The second kappa shape index (κ2) is 5.67.